The monoisotopic (exact) mass is 418 g/mol. The highest BCUT2D eigenvalue weighted by atomic mass is 35.5. The molecule has 0 spiro atoms. The molecule has 0 bridgehead atoms. The summed E-state index contributed by atoms with van der Waals surface area (Å²) in [6.45, 7) is 1.88. The van der Waals surface area contributed by atoms with Crippen molar-refractivity contribution in [1.29, 1.82) is 0 Å². The fourth-order valence-corrected chi connectivity index (χ4v) is 5.14. The van der Waals surface area contributed by atoms with Gasteiger partial charge in [0.15, 0.2) is 0 Å². The molecule has 2 saturated heterocycles. The molecule has 2 aliphatic heterocycles. The Morgan fingerprint density at radius 3 is 2.63 bits per heavy atom. The van der Waals surface area contributed by atoms with Gasteiger partial charge in [0.05, 0.1) is 9.82 Å². The molecule has 9 nitrogen and oxygen atoms in total. The van der Waals surface area contributed by atoms with Gasteiger partial charge >= 0.3 is 0 Å². The van der Waals surface area contributed by atoms with Crippen LogP contribution in [0.5, 0.6) is 0 Å². The van der Waals surface area contributed by atoms with E-state index in [0.717, 1.165) is 32.0 Å². The van der Waals surface area contributed by atoms with E-state index in [2.05, 4.69) is 10.6 Å². The zero-order valence-corrected chi connectivity index (χ0v) is 16.3. The maximum atomic E-state index is 12.9. The van der Waals surface area contributed by atoms with Crippen LogP contribution in [-0.2, 0) is 14.8 Å². The van der Waals surface area contributed by atoms with Crippen LogP contribution in [0.25, 0.3) is 0 Å². The zero-order chi connectivity index (χ0) is 18.7. The van der Waals surface area contributed by atoms with Crippen LogP contribution >= 0.6 is 12.4 Å². The SMILES string of the molecule is Cl.O=C(NC1CCNCC1)C1CCCN1S(=O)(=O)c1cccc([N+](=O)[O-])c1. The molecule has 1 aromatic rings. The lowest BCUT2D eigenvalue weighted by atomic mass is 10.1. The number of amides is 1. The van der Waals surface area contributed by atoms with Crippen LogP contribution in [0.1, 0.15) is 25.7 Å². The lowest BCUT2D eigenvalue weighted by Crippen LogP contribution is -2.50. The maximum Gasteiger partial charge on any atom is 0.270 e. The van der Waals surface area contributed by atoms with Crippen molar-refractivity contribution >= 4 is 34.0 Å². The van der Waals surface area contributed by atoms with E-state index in [0.29, 0.717) is 12.8 Å². The summed E-state index contributed by atoms with van der Waals surface area (Å²) in [5.74, 6) is -0.289. The average molecular weight is 419 g/mol. The fourth-order valence-electron chi connectivity index (χ4n) is 3.45. The van der Waals surface area contributed by atoms with Crippen LogP contribution in [0.3, 0.4) is 0 Å². The zero-order valence-electron chi connectivity index (χ0n) is 14.7. The van der Waals surface area contributed by atoms with Crippen molar-refractivity contribution in [2.75, 3.05) is 19.6 Å². The molecule has 11 heteroatoms. The van der Waals surface area contributed by atoms with Gasteiger partial charge in [0.2, 0.25) is 15.9 Å². The summed E-state index contributed by atoms with van der Waals surface area (Å²) >= 11 is 0. The maximum absolute atomic E-state index is 12.9. The molecule has 2 fully saturated rings. The van der Waals surface area contributed by atoms with Crippen LogP contribution in [-0.4, -0.2) is 55.3 Å². The summed E-state index contributed by atoms with van der Waals surface area (Å²) in [7, 11) is -3.97. The first-order valence-electron chi connectivity index (χ1n) is 8.67. The Kier molecular flexibility index (Phi) is 7.15. The number of hydrogen-bond donors (Lipinski definition) is 2. The Morgan fingerprint density at radius 2 is 1.96 bits per heavy atom. The van der Waals surface area contributed by atoms with Gasteiger partial charge in [-0.05, 0) is 44.8 Å². The quantitative estimate of drug-likeness (QED) is 0.544. The Labute approximate surface area is 164 Å². The molecule has 0 aromatic heterocycles. The number of nitro benzene ring substituents is 1. The van der Waals surface area contributed by atoms with Gasteiger partial charge < -0.3 is 10.6 Å². The summed E-state index contributed by atoms with van der Waals surface area (Å²) in [4.78, 5) is 22.8. The van der Waals surface area contributed by atoms with Crippen LogP contribution < -0.4 is 10.6 Å². The minimum atomic E-state index is -3.97. The first-order valence-corrected chi connectivity index (χ1v) is 10.1. The van der Waals surface area contributed by atoms with E-state index in [-0.39, 0.29) is 41.5 Å². The number of hydrogen-bond acceptors (Lipinski definition) is 6. The Morgan fingerprint density at radius 1 is 1.26 bits per heavy atom. The van der Waals surface area contributed by atoms with Crippen molar-refractivity contribution in [1.82, 2.24) is 14.9 Å². The topological polar surface area (TPSA) is 122 Å². The first-order chi connectivity index (χ1) is 12.4. The lowest BCUT2D eigenvalue weighted by Gasteiger charge is -2.28. The second kappa shape index (κ2) is 8.96. The standard InChI is InChI=1S/C16H22N4O5S.ClH/c21-16(18-12-6-8-17-9-7-12)15-5-2-10-19(15)26(24,25)14-4-1-3-13(11-14)20(22)23;/h1,3-4,11-12,15,17H,2,5-10H2,(H,18,21);1H. The van der Waals surface area contributed by atoms with Crippen LogP contribution in [0.15, 0.2) is 29.2 Å². The van der Waals surface area contributed by atoms with Gasteiger partial charge in [0, 0.05) is 24.7 Å². The molecule has 0 saturated carbocycles. The molecule has 3 rings (SSSR count). The highest BCUT2D eigenvalue weighted by Gasteiger charge is 2.40. The Balaban J connectivity index is 0.00000261. The number of nitro groups is 1. The van der Waals surface area contributed by atoms with Gasteiger partial charge in [0.25, 0.3) is 5.69 Å². The van der Waals surface area contributed by atoms with Crippen molar-refractivity contribution in [3.05, 3.63) is 34.4 Å². The number of sulfonamides is 1. The minimum absolute atomic E-state index is 0. The molecule has 2 N–H and O–H groups in total. The predicted octanol–water partition coefficient (Wildman–Crippen LogP) is 1.04. The molecule has 0 aliphatic carbocycles. The number of benzene rings is 1. The average Bonchev–Trinajstić information content (AvgIpc) is 3.13. The van der Waals surface area contributed by atoms with Crippen molar-refractivity contribution in [3.63, 3.8) is 0 Å². The third-order valence-electron chi connectivity index (χ3n) is 4.83. The third-order valence-corrected chi connectivity index (χ3v) is 6.73. The number of halogens is 1. The molecule has 2 aliphatic rings. The van der Waals surface area contributed by atoms with Crippen molar-refractivity contribution in [3.8, 4) is 0 Å². The summed E-state index contributed by atoms with van der Waals surface area (Å²) < 4.78 is 27.0. The molecule has 0 radical (unpaired) electrons. The van der Waals surface area contributed by atoms with E-state index in [4.69, 9.17) is 0 Å². The molecule has 1 aromatic carbocycles. The van der Waals surface area contributed by atoms with E-state index < -0.39 is 21.0 Å². The summed E-state index contributed by atoms with van der Waals surface area (Å²) in [6.07, 6.45) is 2.66. The van der Waals surface area contributed by atoms with Gasteiger partial charge in [-0.25, -0.2) is 8.42 Å². The molecule has 27 heavy (non-hydrogen) atoms. The molecule has 150 valence electrons. The highest BCUT2D eigenvalue weighted by molar-refractivity contribution is 7.89. The van der Waals surface area contributed by atoms with E-state index >= 15 is 0 Å². The van der Waals surface area contributed by atoms with E-state index in [9.17, 15) is 23.3 Å². The van der Waals surface area contributed by atoms with Crippen LogP contribution in [0.4, 0.5) is 5.69 Å². The van der Waals surface area contributed by atoms with Gasteiger partial charge in [-0.15, -0.1) is 12.4 Å². The Hall–Kier alpha value is -1.75. The fraction of sp³-hybridized carbons (Fsp3) is 0.562. The molecule has 1 amide bonds. The van der Waals surface area contributed by atoms with E-state index in [1.807, 2.05) is 0 Å². The number of nitrogens with one attached hydrogen (secondary N) is 2. The smallest absolute Gasteiger partial charge is 0.270 e. The number of carbonyl (C=O) groups excluding carboxylic acids is 1. The summed E-state index contributed by atoms with van der Waals surface area (Å²) in [6, 6.07) is 4.22. The van der Waals surface area contributed by atoms with Crippen LogP contribution in [0.2, 0.25) is 0 Å². The second-order valence-electron chi connectivity index (χ2n) is 6.56. The predicted molar refractivity (Wildman–Crippen MR) is 101 cm³/mol. The number of rotatable bonds is 5. The second-order valence-corrected chi connectivity index (χ2v) is 8.45. The molecule has 1 atom stereocenters. The van der Waals surface area contributed by atoms with Gasteiger partial charge in [0.1, 0.15) is 6.04 Å². The number of non-ortho nitro benzene ring substituents is 1. The highest BCUT2D eigenvalue weighted by Crippen LogP contribution is 2.28. The lowest BCUT2D eigenvalue weighted by molar-refractivity contribution is -0.385. The molecular weight excluding hydrogens is 396 g/mol. The normalized spacial score (nSPS) is 21.4. The summed E-state index contributed by atoms with van der Waals surface area (Å²) in [5.41, 5.74) is -0.291. The van der Waals surface area contributed by atoms with Gasteiger partial charge in [-0.2, -0.15) is 4.31 Å². The number of carbonyl (C=O) groups is 1. The third kappa shape index (κ3) is 4.75. The van der Waals surface area contributed by atoms with E-state index in [1.165, 1.54) is 22.5 Å². The number of piperidine rings is 1. The van der Waals surface area contributed by atoms with Crippen molar-refractivity contribution in [2.24, 2.45) is 0 Å². The van der Waals surface area contributed by atoms with Crippen molar-refractivity contribution < 1.29 is 18.1 Å². The minimum Gasteiger partial charge on any atom is -0.352 e. The van der Waals surface area contributed by atoms with Crippen molar-refractivity contribution in [2.45, 2.75) is 42.7 Å². The first kappa shape index (κ1) is 21.5. The largest absolute Gasteiger partial charge is 0.352 e. The number of nitrogens with zero attached hydrogens (tertiary/aromatic N) is 2. The molecular formula is C16H23ClN4O5S. The summed E-state index contributed by atoms with van der Waals surface area (Å²) in [5, 5.41) is 17.1. The molecule has 2 heterocycles. The van der Waals surface area contributed by atoms with Gasteiger partial charge in [-0.3, -0.25) is 14.9 Å². The van der Waals surface area contributed by atoms with E-state index in [1.54, 1.807) is 0 Å². The molecule has 1 unspecified atom stereocenters. The van der Waals surface area contributed by atoms with Gasteiger partial charge in [-0.1, -0.05) is 6.07 Å². The Bertz CT molecular complexity index is 798. The van der Waals surface area contributed by atoms with Crippen LogP contribution in [0, 0.1) is 10.1 Å².